The lowest BCUT2D eigenvalue weighted by molar-refractivity contribution is 0.479. The number of benzene rings is 3. The summed E-state index contributed by atoms with van der Waals surface area (Å²) in [5.74, 6) is 1.62. The third-order valence-corrected chi connectivity index (χ3v) is 3.35. The van der Waals surface area contributed by atoms with E-state index in [2.05, 4.69) is 11.4 Å². The van der Waals surface area contributed by atoms with Crippen LogP contribution in [0.5, 0.6) is 11.5 Å². The number of hydrogen-bond donors (Lipinski definition) is 2. The van der Waals surface area contributed by atoms with Crippen LogP contribution in [0.25, 0.3) is 0 Å². The van der Waals surface area contributed by atoms with E-state index in [1.807, 2.05) is 73.7 Å². The number of nitrogen functional groups attached to an aromatic ring is 1. The Labute approximate surface area is 130 Å². The molecule has 0 aliphatic heterocycles. The Kier molecular flexibility index (Phi) is 3.97. The predicted octanol–water partition coefficient (Wildman–Crippen LogP) is 5.11. The number of nitrogens with one attached hydrogen (secondary N) is 1. The van der Waals surface area contributed by atoms with Crippen molar-refractivity contribution in [2.45, 2.75) is 6.92 Å². The first-order chi connectivity index (χ1) is 10.7. The summed E-state index contributed by atoms with van der Waals surface area (Å²) in [5, 5.41) is 3.37. The molecule has 0 spiro atoms. The fourth-order valence-electron chi connectivity index (χ4n) is 2.19. The lowest BCUT2D eigenvalue weighted by Gasteiger charge is -2.12. The van der Waals surface area contributed by atoms with E-state index in [0.717, 1.165) is 34.1 Å². The smallest absolute Gasteiger partial charge is 0.130 e. The molecule has 0 heterocycles. The van der Waals surface area contributed by atoms with Gasteiger partial charge in [0.05, 0.1) is 0 Å². The summed E-state index contributed by atoms with van der Waals surface area (Å²) >= 11 is 0. The molecule has 3 aromatic rings. The van der Waals surface area contributed by atoms with Gasteiger partial charge < -0.3 is 15.8 Å². The molecule has 3 aromatic carbocycles. The monoisotopic (exact) mass is 290 g/mol. The predicted molar refractivity (Wildman–Crippen MR) is 91.8 cm³/mol. The Balaban J connectivity index is 1.76. The van der Waals surface area contributed by atoms with Crippen LogP contribution in [-0.2, 0) is 0 Å². The van der Waals surface area contributed by atoms with Gasteiger partial charge in [0.25, 0.3) is 0 Å². The van der Waals surface area contributed by atoms with Gasteiger partial charge in [-0.05, 0) is 67.1 Å². The van der Waals surface area contributed by atoms with E-state index < -0.39 is 0 Å². The van der Waals surface area contributed by atoms with E-state index in [-0.39, 0.29) is 0 Å². The Morgan fingerprint density at radius 2 is 1.55 bits per heavy atom. The van der Waals surface area contributed by atoms with E-state index in [4.69, 9.17) is 10.5 Å². The van der Waals surface area contributed by atoms with Crippen molar-refractivity contribution in [3.05, 3.63) is 78.4 Å². The molecule has 3 heteroatoms. The highest BCUT2D eigenvalue weighted by molar-refractivity contribution is 5.62. The van der Waals surface area contributed by atoms with Crippen LogP contribution in [0, 0.1) is 6.92 Å². The first kappa shape index (κ1) is 14.0. The Bertz CT molecular complexity index is 752. The zero-order valence-electron chi connectivity index (χ0n) is 12.4. The van der Waals surface area contributed by atoms with Crippen molar-refractivity contribution in [3.8, 4) is 11.5 Å². The second-order valence-corrected chi connectivity index (χ2v) is 5.14. The Hall–Kier alpha value is -2.94. The van der Waals surface area contributed by atoms with Crippen molar-refractivity contribution in [1.29, 1.82) is 0 Å². The van der Waals surface area contributed by atoms with E-state index in [1.165, 1.54) is 0 Å². The zero-order valence-corrected chi connectivity index (χ0v) is 12.4. The van der Waals surface area contributed by atoms with Gasteiger partial charge in [0, 0.05) is 17.1 Å². The number of hydrogen-bond acceptors (Lipinski definition) is 3. The molecule has 110 valence electrons. The number of rotatable bonds is 4. The summed E-state index contributed by atoms with van der Waals surface area (Å²) in [4.78, 5) is 0. The molecule has 3 nitrogen and oxygen atoms in total. The van der Waals surface area contributed by atoms with Crippen LogP contribution in [0.2, 0.25) is 0 Å². The number of nitrogens with two attached hydrogens (primary N) is 1. The maximum atomic E-state index is 5.89. The molecule has 0 bridgehead atoms. The van der Waals surface area contributed by atoms with Crippen LogP contribution in [0.3, 0.4) is 0 Å². The second kappa shape index (κ2) is 6.22. The van der Waals surface area contributed by atoms with Crippen molar-refractivity contribution in [1.82, 2.24) is 0 Å². The van der Waals surface area contributed by atoms with Gasteiger partial charge in [-0.3, -0.25) is 0 Å². The summed E-state index contributed by atoms with van der Waals surface area (Å²) in [5.41, 5.74) is 9.57. The third-order valence-electron chi connectivity index (χ3n) is 3.35. The van der Waals surface area contributed by atoms with E-state index in [0.29, 0.717) is 0 Å². The topological polar surface area (TPSA) is 47.3 Å². The number of ether oxygens (including phenoxy) is 1. The molecule has 0 fully saturated rings. The third kappa shape index (κ3) is 3.38. The lowest BCUT2D eigenvalue weighted by Crippen LogP contribution is -1.93. The highest BCUT2D eigenvalue weighted by atomic mass is 16.5. The van der Waals surface area contributed by atoms with Crippen LogP contribution >= 0.6 is 0 Å². The highest BCUT2D eigenvalue weighted by Crippen LogP contribution is 2.28. The Morgan fingerprint density at radius 1 is 0.818 bits per heavy atom. The largest absolute Gasteiger partial charge is 0.457 e. The van der Waals surface area contributed by atoms with Crippen molar-refractivity contribution >= 4 is 17.1 Å². The van der Waals surface area contributed by atoms with Gasteiger partial charge in [0.1, 0.15) is 11.5 Å². The summed E-state index contributed by atoms with van der Waals surface area (Å²) < 4.78 is 5.89. The molecule has 0 aromatic heterocycles. The molecule has 0 aliphatic rings. The lowest BCUT2D eigenvalue weighted by atomic mass is 10.2. The van der Waals surface area contributed by atoms with Gasteiger partial charge in [-0.1, -0.05) is 18.2 Å². The summed E-state index contributed by atoms with van der Waals surface area (Å²) in [6.07, 6.45) is 0. The van der Waals surface area contributed by atoms with Crippen LogP contribution in [0.1, 0.15) is 5.56 Å². The molecule has 0 atom stereocenters. The minimum Gasteiger partial charge on any atom is -0.457 e. The first-order valence-electron chi connectivity index (χ1n) is 7.17. The van der Waals surface area contributed by atoms with Gasteiger partial charge in [-0.25, -0.2) is 0 Å². The normalized spacial score (nSPS) is 10.2. The molecule has 0 saturated heterocycles. The summed E-state index contributed by atoms with van der Waals surface area (Å²) in [6, 6.07) is 23.5. The maximum absolute atomic E-state index is 5.89. The molecule has 0 aliphatic carbocycles. The number of para-hydroxylation sites is 1. The molecule has 0 amide bonds. The van der Waals surface area contributed by atoms with E-state index in [9.17, 15) is 0 Å². The fourth-order valence-corrected chi connectivity index (χ4v) is 2.19. The van der Waals surface area contributed by atoms with Crippen LogP contribution in [-0.4, -0.2) is 0 Å². The van der Waals surface area contributed by atoms with Crippen LogP contribution < -0.4 is 15.8 Å². The molecule has 22 heavy (non-hydrogen) atoms. The molecule has 0 unspecified atom stereocenters. The minimum absolute atomic E-state index is 0.728. The van der Waals surface area contributed by atoms with Crippen molar-refractivity contribution in [2.75, 3.05) is 11.1 Å². The fraction of sp³-hybridized carbons (Fsp3) is 0.0526. The average Bonchev–Trinajstić information content (AvgIpc) is 2.53. The van der Waals surface area contributed by atoms with Crippen LogP contribution in [0.15, 0.2) is 72.8 Å². The molecular formula is C19H18N2O. The quantitative estimate of drug-likeness (QED) is 0.656. The van der Waals surface area contributed by atoms with Crippen molar-refractivity contribution in [3.63, 3.8) is 0 Å². The van der Waals surface area contributed by atoms with Crippen molar-refractivity contribution < 1.29 is 4.74 Å². The average molecular weight is 290 g/mol. The highest BCUT2D eigenvalue weighted by Gasteiger charge is 2.03. The van der Waals surface area contributed by atoms with Crippen molar-refractivity contribution in [2.24, 2.45) is 0 Å². The minimum atomic E-state index is 0.728. The Morgan fingerprint density at radius 3 is 2.23 bits per heavy atom. The molecule has 0 saturated carbocycles. The van der Waals surface area contributed by atoms with E-state index >= 15 is 0 Å². The van der Waals surface area contributed by atoms with Gasteiger partial charge in [0.2, 0.25) is 0 Å². The summed E-state index contributed by atoms with van der Waals surface area (Å²) in [7, 11) is 0. The number of aryl methyl sites for hydroxylation is 1. The molecule has 0 radical (unpaired) electrons. The maximum Gasteiger partial charge on any atom is 0.130 e. The van der Waals surface area contributed by atoms with Gasteiger partial charge in [-0.2, -0.15) is 0 Å². The number of anilines is 3. The van der Waals surface area contributed by atoms with E-state index in [1.54, 1.807) is 0 Å². The zero-order chi connectivity index (χ0) is 15.4. The van der Waals surface area contributed by atoms with Gasteiger partial charge in [0.15, 0.2) is 0 Å². The molecular weight excluding hydrogens is 272 g/mol. The SMILES string of the molecule is Cc1cc(Nc2ccccc2)ccc1Oc1ccc(N)cc1. The van der Waals surface area contributed by atoms with Gasteiger partial charge in [-0.15, -0.1) is 0 Å². The molecule has 3 rings (SSSR count). The van der Waals surface area contributed by atoms with Crippen LogP contribution in [0.4, 0.5) is 17.1 Å². The summed E-state index contributed by atoms with van der Waals surface area (Å²) in [6.45, 7) is 2.03. The molecule has 3 N–H and O–H groups in total. The standard InChI is InChI=1S/C19H18N2O/c1-14-13-17(21-16-5-3-2-4-6-16)9-12-19(14)22-18-10-7-15(20)8-11-18/h2-13,21H,20H2,1H3. The second-order valence-electron chi connectivity index (χ2n) is 5.14. The first-order valence-corrected chi connectivity index (χ1v) is 7.17. The van der Waals surface area contributed by atoms with Gasteiger partial charge >= 0.3 is 0 Å².